The first kappa shape index (κ1) is 13.4. The fraction of sp³-hybridized carbons (Fsp3) is 0.357. The molecule has 0 radical (unpaired) electrons. The fourth-order valence-electron chi connectivity index (χ4n) is 2.28. The molecule has 0 spiro atoms. The van der Waals surface area contributed by atoms with Gasteiger partial charge in [-0.05, 0) is 12.1 Å². The predicted molar refractivity (Wildman–Crippen MR) is 71.8 cm³/mol. The summed E-state index contributed by atoms with van der Waals surface area (Å²) in [5.41, 5.74) is 0. The Kier molecular flexibility index (Phi) is 3.47. The van der Waals surface area contributed by atoms with Crippen LogP contribution in [0.2, 0.25) is 0 Å². The zero-order valence-corrected chi connectivity index (χ0v) is 11.6. The maximum absolute atomic E-state index is 12.2. The molecule has 0 N–H and O–H groups in total. The van der Waals surface area contributed by atoms with Gasteiger partial charge in [0.2, 0.25) is 5.76 Å². The second-order valence-electron chi connectivity index (χ2n) is 4.81. The third kappa shape index (κ3) is 2.67. The van der Waals surface area contributed by atoms with Gasteiger partial charge < -0.3 is 18.6 Å². The Labute approximate surface area is 121 Å². The van der Waals surface area contributed by atoms with Gasteiger partial charge in [0, 0.05) is 33.1 Å². The van der Waals surface area contributed by atoms with Gasteiger partial charge >= 0.3 is 0 Å². The Balaban J connectivity index is 1.60. The van der Waals surface area contributed by atoms with Crippen LogP contribution in [0.5, 0.6) is 0 Å². The molecule has 2 amide bonds. The summed E-state index contributed by atoms with van der Waals surface area (Å²) < 4.78 is 10.3. The predicted octanol–water partition coefficient (Wildman–Crippen LogP) is 1.17. The Morgan fingerprint density at radius 1 is 1.10 bits per heavy atom. The number of aryl methyl sites for hydroxylation is 1. The second kappa shape index (κ2) is 5.43. The quantitative estimate of drug-likeness (QED) is 0.829. The highest BCUT2D eigenvalue weighted by atomic mass is 16.4. The van der Waals surface area contributed by atoms with Gasteiger partial charge in [-0.25, -0.2) is 4.98 Å². The summed E-state index contributed by atoms with van der Waals surface area (Å²) in [6, 6.07) is 3.32. The lowest BCUT2D eigenvalue weighted by molar-refractivity contribution is 0.0501. The highest BCUT2D eigenvalue weighted by Crippen LogP contribution is 2.12. The third-order valence-electron chi connectivity index (χ3n) is 3.42. The molecule has 1 aliphatic rings. The van der Waals surface area contributed by atoms with Crippen LogP contribution in [0.4, 0.5) is 0 Å². The van der Waals surface area contributed by atoms with Gasteiger partial charge in [0.25, 0.3) is 11.8 Å². The third-order valence-corrected chi connectivity index (χ3v) is 3.42. The molecule has 2 aromatic rings. The average molecular weight is 289 g/mol. The average Bonchev–Trinajstić information content (AvgIpc) is 3.17. The zero-order valence-electron chi connectivity index (χ0n) is 11.6. The number of nitrogens with zero attached hydrogens (tertiary/aromatic N) is 3. The molecule has 21 heavy (non-hydrogen) atoms. The van der Waals surface area contributed by atoms with Crippen molar-refractivity contribution in [3.05, 3.63) is 42.0 Å². The van der Waals surface area contributed by atoms with E-state index in [4.69, 9.17) is 8.83 Å². The zero-order chi connectivity index (χ0) is 14.8. The Hall–Kier alpha value is -2.57. The van der Waals surface area contributed by atoms with Gasteiger partial charge in [-0.1, -0.05) is 0 Å². The topological polar surface area (TPSA) is 79.8 Å². The molecule has 7 heteroatoms. The van der Waals surface area contributed by atoms with Crippen LogP contribution in [0.15, 0.2) is 33.4 Å². The molecular weight excluding hydrogens is 274 g/mol. The monoisotopic (exact) mass is 289 g/mol. The molecule has 0 aliphatic carbocycles. The Morgan fingerprint density at radius 3 is 2.19 bits per heavy atom. The van der Waals surface area contributed by atoms with Crippen LogP contribution in [-0.4, -0.2) is 52.8 Å². The fourth-order valence-corrected chi connectivity index (χ4v) is 2.28. The van der Waals surface area contributed by atoms with Crippen molar-refractivity contribution in [2.75, 3.05) is 26.2 Å². The van der Waals surface area contributed by atoms with E-state index in [1.165, 1.54) is 12.5 Å². The molecule has 1 aliphatic heterocycles. The minimum absolute atomic E-state index is 0.150. The van der Waals surface area contributed by atoms with Gasteiger partial charge in [-0.3, -0.25) is 9.59 Å². The van der Waals surface area contributed by atoms with Gasteiger partial charge in [0.1, 0.15) is 0 Å². The summed E-state index contributed by atoms with van der Waals surface area (Å²) in [6.07, 6.45) is 2.90. The van der Waals surface area contributed by atoms with Gasteiger partial charge in [-0.15, -0.1) is 0 Å². The molecule has 1 fully saturated rings. The van der Waals surface area contributed by atoms with E-state index >= 15 is 0 Å². The number of carbonyl (C=O) groups excluding carboxylic acids is 2. The Bertz CT molecular complexity index is 639. The van der Waals surface area contributed by atoms with Crippen molar-refractivity contribution in [3.63, 3.8) is 0 Å². The van der Waals surface area contributed by atoms with Crippen LogP contribution >= 0.6 is 0 Å². The van der Waals surface area contributed by atoms with Crippen LogP contribution in [0.1, 0.15) is 27.0 Å². The first-order chi connectivity index (χ1) is 10.1. The highest BCUT2D eigenvalue weighted by molar-refractivity contribution is 5.93. The summed E-state index contributed by atoms with van der Waals surface area (Å²) in [4.78, 5) is 31.6. The van der Waals surface area contributed by atoms with Crippen molar-refractivity contribution >= 4 is 11.8 Å². The number of aromatic nitrogens is 1. The van der Waals surface area contributed by atoms with Crippen molar-refractivity contribution in [3.8, 4) is 0 Å². The van der Waals surface area contributed by atoms with Gasteiger partial charge in [-0.2, -0.15) is 0 Å². The standard InChI is InChI=1S/C14H15N3O4/c1-10-15-9-12(21-10)14(19)17-6-4-16(5-7-17)13(18)11-3-2-8-20-11/h2-3,8-9H,4-7H2,1H3. The molecule has 3 rings (SSSR count). The van der Waals surface area contributed by atoms with Gasteiger partial charge in [0.05, 0.1) is 12.5 Å². The number of furan rings is 1. The molecule has 0 bridgehead atoms. The number of hydrogen-bond acceptors (Lipinski definition) is 5. The molecular formula is C14H15N3O4. The van der Waals surface area contributed by atoms with E-state index in [2.05, 4.69) is 4.98 Å². The van der Waals surface area contributed by atoms with Crippen molar-refractivity contribution in [2.24, 2.45) is 0 Å². The normalized spacial score (nSPS) is 15.3. The lowest BCUT2D eigenvalue weighted by Gasteiger charge is -2.33. The number of amides is 2. The molecule has 110 valence electrons. The summed E-state index contributed by atoms with van der Waals surface area (Å²) in [5, 5.41) is 0. The highest BCUT2D eigenvalue weighted by Gasteiger charge is 2.27. The molecule has 0 atom stereocenters. The smallest absolute Gasteiger partial charge is 0.291 e. The maximum Gasteiger partial charge on any atom is 0.291 e. The van der Waals surface area contributed by atoms with Crippen molar-refractivity contribution in [2.45, 2.75) is 6.92 Å². The van der Waals surface area contributed by atoms with E-state index in [-0.39, 0.29) is 17.6 Å². The molecule has 3 heterocycles. The lowest BCUT2D eigenvalue weighted by Crippen LogP contribution is -2.50. The van der Waals surface area contributed by atoms with Crippen molar-refractivity contribution in [1.82, 2.24) is 14.8 Å². The molecule has 2 aromatic heterocycles. The second-order valence-corrected chi connectivity index (χ2v) is 4.81. The number of rotatable bonds is 2. The summed E-state index contributed by atoms with van der Waals surface area (Å²) in [6.45, 7) is 3.56. The van der Waals surface area contributed by atoms with Crippen LogP contribution in [0, 0.1) is 6.92 Å². The number of oxazole rings is 1. The summed E-state index contributed by atoms with van der Waals surface area (Å²) >= 11 is 0. The van der Waals surface area contributed by atoms with E-state index in [0.29, 0.717) is 37.8 Å². The van der Waals surface area contributed by atoms with Crippen LogP contribution in [0.3, 0.4) is 0 Å². The number of hydrogen-bond donors (Lipinski definition) is 0. The minimum atomic E-state index is -0.194. The summed E-state index contributed by atoms with van der Waals surface area (Å²) in [5.74, 6) is 0.673. The molecule has 7 nitrogen and oxygen atoms in total. The first-order valence-corrected chi connectivity index (χ1v) is 6.69. The van der Waals surface area contributed by atoms with Crippen molar-refractivity contribution < 1.29 is 18.4 Å². The van der Waals surface area contributed by atoms with Crippen LogP contribution in [-0.2, 0) is 0 Å². The molecule has 0 saturated carbocycles. The largest absolute Gasteiger partial charge is 0.459 e. The first-order valence-electron chi connectivity index (χ1n) is 6.69. The van der Waals surface area contributed by atoms with Crippen molar-refractivity contribution in [1.29, 1.82) is 0 Å². The minimum Gasteiger partial charge on any atom is -0.459 e. The lowest BCUT2D eigenvalue weighted by atomic mass is 10.2. The molecule has 1 saturated heterocycles. The molecule has 0 aromatic carbocycles. The Morgan fingerprint density at radius 2 is 1.71 bits per heavy atom. The van der Waals surface area contributed by atoms with Gasteiger partial charge in [0.15, 0.2) is 11.7 Å². The summed E-state index contributed by atoms with van der Waals surface area (Å²) in [7, 11) is 0. The van der Waals surface area contributed by atoms with E-state index in [9.17, 15) is 9.59 Å². The molecule has 0 unspecified atom stereocenters. The number of carbonyl (C=O) groups is 2. The van der Waals surface area contributed by atoms with Crippen LogP contribution in [0.25, 0.3) is 0 Å². The SMILES string of the molecule is Cc1ncc(C(=O)N2CCN(C(=O)c3ccco3)CC2)o1. The van der Waals surface area contributed by atoms with Crippen LogP contribution < -0.4 is 0 Å². The van der Waals surface area contributed by atoms with E-state index in [0.717, 1.165) is 0 Å². The van der Waals surface area contributed by atoms with E-state index in [1.807, 2.05) is 0 Å². The number of piperazine rings is 1. The van der Waals surface area contributed by atoms with E-state index < -0.39 is 0 Å². The van der Waals surface area contributed by atoms with E-state index in [1.54, 1.807) is 28.9 Å². The maximum atomic E-state index is 12.2.